The minimum absolute atomic E-state index is 0.219. The van der Waals surface area contributed by atoms with Gasteiger partial charge in [-0.05, 0) is 18.4 Å². The molecule has 1 aromatic rings. The molecule has 0 N–H and O–H groups in total. The van der Waals surface area contributed by atoms with Crippen molar-refractivity contribution in [3.63, 3.8) is 0 Å². The molecule has 1 aromatic carbocycles. The van der Waals surface area contributed by atoms with Gasteiger partial charge in [0.15, 0.2) is 0 Å². The summed E-state index contributed by atoms with van der Waals surface area (Å²) >= 11 is 0. The summed E-state index contributed by atoms with van der Waals surface area (Å²) in [5, 5.41) is 0. The molecule has 4 heteroatoms. The summed E-state index contributed by atoms with van der Waals surface area (Å²) in [6.07, 6.45) is 1.81. The van der Waals surface area contributed by atoms with Crippen molar-refractivity contribution in [2.24, 2.45) is 0 Å². The SMILES string of the molecule is C=C1CN(C(=O)OCc2ccccc2)C2CCN1CC2. The maximum absolute atomic E-state index is 12.3. The quantitative estimate of drug-likeness (QED) is 0.829. The molecule has 0 atom stereocenters. The fourth-order valence-electron chi connectivity index (χ4n) is 2.94. The van der Waals surface area contributed by atoms with Gasteiger partial charge in [-0.15, -0.1) is 0 Å². The van der Waals surface area contributed by atoms with Gasteiger partial charge in [-0.25, -0.2) is 4.79 Å². The predicted octanol–water partition coefficient (Wildman–Crippen LogP) is 2.62. The second-order valence-corrected chi connectivity index (χ2v) is 5.45. The lowest BCUT2D eigenvalue weighted by atomic mass is 10.1. The Labute approximate surface area is 119 Å². The molecule has 3 saturated heterocycles. The zero-order valence-corrected chi connectivity index (χ0v) is 11.6. The molecule has 0 spiro atoms. The summed E-state index contributed by atoms with van der Waals surface area (Å²) in [5.41, 5.74) is 2.05. The second kappa shape index (κ2) is 5.57. The summed E-state index contributed by atoms with van der Waals surface area (Å²) < 4.78 is 5.45. The number of carbonyl (C=O) groups excluding carboxylic acids is 1. The van der Waals surface area contributed by atoms with Crippen molar-refractivity contribution in [2.75, 3.05) is 19.6 Å². The number of ether oxygens (including phenoxy) is 1. The molecular formula is C16H20N2O2. The monoisotopic (exact) mass is 272 g/mol. The Balaban J connectivity index is 1.63. The van der Waals surface area contributed by atoms with Crippen LogP contribution >= 0.6 is 0 Å². The van der Waals surface area contributed by atoms with Crippen LogP contribution in [0.2, 0.25) is 0 Å². The lowest BCUT2D eigenvalue weighted by Crippen LogP contribution is -2.41. The molecule has 3 aliphatic rings. The van der Waals surface area contributed by atoms with Crippen LogP contribution in [0.4, 0.5) is 4.79 Å². The third kappa shape index (κ3) is 2.64. The molecule has 4 nitrogen and oxygen atoms in total. The van der Waals surface area contributed by atoms with Gasteiger partial charge >= 0.3 is 6.09 Å². The van der Waals surface area contributed by atoms with E-state index in [0.29, 0.717) is 19.2 Å². The molecule has 0 aromatic heterocycles. The lowest BCUT2D eigenvalue weighted by Gasteiger charge is -2.31. The van der Waals surface area contributed by atoms with Crippen LogP contribution in [0, 0.1) is 0 Å². The van der Waals surface area contributed by atoms with Crippen LogP contribution in [-0.2, 0) is 11.3 Å². The smallest absolute Gasteiger partial charge is 0.410 e. The molecule has 0 aliphatic carbocycles. The van der Waals surface area contributed by atoms with E-state index in [1.54, 1.807) is 0 Å². The highest BCUT2D eigenvalue weighted by Gasteiger charge is 2.34. The van der Waals surface area contributed by atoms with Gasteiger partial charge in [-0.1, -0.05) is 36.9 Å². The molecule has 2 bridgehead atoms. The van der Waals surface area contributed by atoms with Crippen LogP contribution in [0.1, 0.15) is 18.4 Å². The van der Waals surface area contributed by atoms with Crippen LogP contribution in [0.25, 0.3) is 0 Å². The fraction of sp³-hybridized carbons (Fsp3) is 0.438. The zero-order valence-electron chi connectivity index (χ0n) is 11.6. The number of rotatable bonds is 2. The van der Waals surface area contributed by atoms with Gasteiger partial charge in [0.25, 0.3) is 0 Å². The van der Waals surface area contributed by atoms with Crippen molar-refractivity contribution in [1.82, 2.24) is 9.80 Å². The highest BCUT2D eigenvalue weighted by atomic mass is 16.6. The van der Waals surface area contributed by atoms with E-state index in [9.17, 15) is 4.79 Å². The van der Waals surface area contributed by atoms with E-state index < -0.39 is 0 Å². The maximum atomic E-state index is 12.3. The summed E-state index contributed by atoms with van der Waals surface area (Å²) in [6.45, 7) is 7.02. The molecule has 0 unspecified atom stereocenters. The number of piperidine rings is 1. The lowest BCUT2D eigenvalue weighted by molar-refractivity contribution is 0.0819. The number of carbonyl (C=O) groups is 1. The Morgan fingerprint density at radius 1 is 1.25 bits per heavy atom. The summed E-state index contributed by atoms with van der Waals surface area (Å²) in [5.74, 6) is 0. The minimum Gasteiger partial charge on any atom is -0.445 e. The van der Waals surface area contributed by atoms with Gasteiger partial charge in [0.05, 0.1) is 6.54 Å². The third-order valence-corrected chi connectivity index (χ3v) is 4.14. The van der Waals surface area contributed by atoms with E-state index in [4.69, 9.17) is 4.74 Å². The number of hydrogen-bond donors (Lipinski definition) is 0. The Bertz CT molecular complexity index is 492. The van der Waals surface area contributed by atoms with Gasteiger partial charge in [0.1, 0.15) is 6.61 Å². The molecule has 106 valence electrons. The Hall–Kier alpha value is -1.97. The van der Waals surface area contributed by atoms with E-state index in [2.05, 4.69) is 11.5 Å². The largest absolute Gasteiger partial charge is 0.445 e. The van der Waals surface area contributed by atoms with E-state index in [1.807, 2.05) is 35.2 Å². The average Bonchev–Trinajstić information content (AvgIpc) is 2.75. The van der Waals surface area contributed by atoms with E-state index in [0.717, 1.165) is 37.2 Å². The Morgan fingerprint density at radius 2 is 1.95 bits per heavy atom. The summed E-state index contributed by atoms with van der Waals surface area (Å²) in [6, 6.07) is 10.1. The van der Waals surface area contributed by atoms with Gasteiger partial charge in [-0.2, -0.15) is 0 Å². The second-order valence-electron chi connectivity index (χ2n) is 5.45. The number of hydrogen-bond acceptors (Lipinski definition) is 3. The topological polar surface area (TPSA) is 32.8 Å². The van der Waals surface area contributed by atoms with Crippen LogP contribution < -0.4 is 0 Å². The molecule has 3 heterocycles. The highest BCUT2D eigenvalue weighted by molar-refractivity contribution is 5.68. The van der Waals surface area contributed by atoms with Crippen molar-refractivity contribution in [1.29, 1.82) is 0 Å². The summed E-state index contributed by atoms with van der Waals surface area (Å²) in [7, 11) is 0. The molecule has 4 rings (SSSR count). The third-order valence-electron chi connectivity index (χ3n) is 4.14. The Morgan fingerprint density at radius 3 is 2.65 bits per heavy atom. The molecule has 20 heavy (non-hydrogen) atoms. The van der Waals surface area contributed by atoms with E-state index >= 15 is 0 Å². The molecule has 0 saturated carbocycles. The first-order valence-electron chi connectivity index (χ1n) is 7.14. The van der Waals surface area contributed by atoms with Gasteiger partial charge in [0.2, 0.25) is 0 Å². The number of benzene rings is 1. The van der Waals surface area contributed by atoms with Crippen LogP contribution in [-0.4, -0.2) is 41.6 Å². The molecular weight excluding hydrogens is 252 g/mol. The number of nitrogens with zero attached hydrogens (tertiary/aromatic N) is 2. The first-order valence-corrected chi connectivity index (χ1v) is 7.14. The maximum Gasteiger partial charge on any atom is 0.410 e. The van der Waals surface area contributed by atoms with Gasteiger partial charge in [-0.3, -0.25) is 4.90 Å². The predicted molar refractivity (Wildman–Crippen MR) is 77.1 cm³/mol. The molecule has 1 amide bonds. The normalized spacial score (nSPS) is 19.1. The van der Waals surface area contributed by atoms with Crippen molar-refractivity contribution >= 4 is 6.09 Å². The standard InChI is InChI=1S/C16H20N2O2/c1-13-11-18(15-7-9-17(13)10-8-15)16(19)20-12-14-5-3-2-4-6-14/h2-6,15H,1,7-12H2. The van der Waals surface area contributed by atoms with Gasteiger partial charge in [0, 0.05) is 24.8 Å². The van der Waals surface area contributed by atoms with Crippen LogP contribution in [0.15, 0.2) is 42.6 Å². The average molecular weight is 272 g/mol. The molecule has 3 fully saturated rings. The first kappa shape index (κ1) is 13.0. The van der Waals surface area contributed by atoms with Crippen molar-refractivity contribution in [2.45, 2.75) is 25.5 Å². The molecule has 0 radical (unpaired) electrons. The first-order chi connectivity index (χ1) is 9.74. The van der Waals surface area contributed by atoms with Crippen molar-refractivity contribution in [3.05, 3.63) is 48.2 Å². The van der Waals surface area contributed by atoms with Crippen LogP contribution in [0.5, 0.6) is 0 Å². The van der Waals surface area contributed by atoms with Crippen molar-refractivity contribution < 1.29 is 9.53 Å². The Kier molecular flexibility index (Phi) is 3.63. The van der Waals surface area contributed by atoms with Crippen LogP contribution in [0.3, 0.4) is 0 Å². The number of fused-ring (bicyclic) bond motifs is 4. The summed E-state index contributed by atoms with van der Waals surface area (Å²) in [4.78, 5) is 16.4. The number of amides is 1. The highest BCUT2D eigenvalue weighted by Crippen LogP contribution is 2.26. The van der Waals surface area contributed by atoms with E-state index in [-0.39, 0.29) is 6.09 Å². The zero-order chi connectivity index (χ0) is 13.9. The molecule has 3 aliphatic heterocycles. The van der Waals surface area contributed by atoms with Crippen molar-refractivity contribution in [3.8, 4) is 0 Å². The minimum atomic E-state index is -0.219. The van der Waals surface area contributed by atoms with Gasteiger partial charge < -0.3 is 9.64 Å². The fourth-order valence-corrected chi connectivity index (χ4v) is 2.94. The van der Waals surface area contributed by atoms with E-state index in [1.165, 1.54) is 0 Å².